The number of likely N-dealkylation sites (N-methyl/N-ethyl adjacent to an activating group) is 1. The SMILES string of the molecule is C=C(CCN(C)C(=O)COc1ccc(C)c(C)c1)NC(=O)C1CN(C(=O)C(/C=N\C)=C(C)C)c2cc(C)ccc2O1. The van der Waals surface area contributed by atoms with Crippen molar-refractivity contribution in [2.45, 2.75) is 47.1 Å². The van der Waals surface area contributed by atoms with Crippen LogP contribution in [0, 0.1) is 20.8 Å². The summed E-state index contributed by atoms with van der Waals surface area (Å²) in [5, 5.41) is 2.79. The van der Waals surface area contributed by atoms with E-state index in [0.717, 1.165) is 22.3 Å². The third-order valence-corrected chi connectivity index (χ3v) is 6.90. The van der Waals surface area contributed by atoms with E-state index in [1.54, 1.807) is 25.1 Å². The quantitative estimate of drug-likeness (QED) is 0.345. The second kappa shape index (κ2) is 13.8. The van der Waals surface area contributed by atoms with Gasteiger partial charge in [0.25, 0.3) is 17.7 Å². The van der Waals surface area contributed by atoms with Crippen molar-refractivity contribution in [1.82, 2.24) is 10.2 Å². The maximum atomic E-state index is 13.5. The first kappa shape index (κ1) is 31.1. The van der Waals surface area contributed by atoms with E-state index in [-0.39, 0.29) is 25.0 Å². The van der Waals surface area contributed by atoms with E-state index < -0.39 is 12.0 Å². The van der Waals surface area contributed by atoms with Crippen molar-refractivity contribution in [3.63, 3.8) is 0 Å². The summed E-state index contributed by atoms with van der Waals surface area (Å²) >= 11 is 0. The summed E-state index contributed by atoms with van der Waals surface area (Å²) in [5.41, 5.74) is 5.52. The second-order valence-electron chi connectivity index (χ2n) is 10.5. The molecule has 1 aliphatic rings. The molecule has 1 unspecified atom stereocenters. The molecule has 0 bridgehead atoms. The smallest absolute Gasteiger partial charge is 0.267 e. The molecule has 1 aliphatic heterocycles. The van der Waals surface area contributed by atoms with Gasteiger partial charge in [0.1, 0.15) is 11.5 Å². The standard InChI is InChI=1S/C32H40N4O5/c1-20(2)26(17-33-7)32(39)36-18-29(41-28-12-9-21(3)15-27(28)36)31(38)34-24(6)13-14-35(8)30(37)19-40-25-11-10-22(4)23(5)16-25/h9-12,15-17,29H,6,13-14,18-19H2,1-5,7-8H3,(H,34,38)/b33-17-. The summed E-state index contributed by atoms with van der Waals surface area (Å²) < 4.78 is 11.7. The number of carbonyl (C=O) groups excluding carboxylic acids is 3. The van der Waals surface area contributed by atoms with Gasteiger partial charge in [0, 0.05) is 39.0 Å². The normalized spacial score (nSPS) is 14.1. The van der Waals surface area contributed by atoms with Crippen molar-refractivity contribution >= 4 is 29.6 Å². The minimum atomic E-state index is -0.950. The third kappa shape index (κ3) is 8.06. The molecule has 0 radical (unpaired) electrons. The largest absolute Gasteiger partial charge is 0.484 e. The van der Waals surface area contributed by atoms with Gasteiger partial charge in [-0.15, -0.1) is 0 Å². The molecule has 9 heteroatoms. The number of aliphatic imine (C=N–C) groups is 1. The van der Waals surface area contributed by atoms with E-state index in [1.165, 1.54) is 11.1 Å². The number of fused-ring (bicyclic) bond motifs is 1. The first-order valence-corrected chi connectivity index (χ1v) is 13.5. The number of allylic oxidation sites excluding steroid dienone is 1. The van der Waals surface area contributed by atoms with Gasteiger partial charge in [0.2, 0.25) is 0 Å². The van der Waals surface area contributed by atoms with E-state index in [9.17, 15) is 14.4 Å². The number of aryl methyl sites for hydroxylation is 3. The van der Waals surface area contributed by atoms with Gasteiger partial charge in [-0.25, -0.2) is 0 Å². The van der Waals surface area contributed by atoms with Crippen LogP contribution in [-0.4, -0.2) is 68.7 Å². The highest BCUT2D eigenvalue weighted by molar-refractivity contribution is 6.20. The molecule has 9 nitrogen and oxygen atoms in total. The summed E-state index contributed by atoms with van der Waals surface area (Å²) in [5.74, 6) is 0.211. The van der Waals surface area contributed by atoms with Crippen LogP contribution in [0.5, 0.6) is 11.5 Å². The monoisotopic (exact) mass is 560 g/mol. The summed E-state index contributed by atoms with van der Waals surface area (Å²) in [6.45, 7) is 13.9. The maximum Gasteiger partial charge on any atom is 0.267 e. The van der Waals surface area contributed by atoms with Crippen LogP contribution in [0.2, 0.25) is 0 Å². The molecule has 0 saturated heterocycles. The third-order valence-electron chi connectivity index (χ3n) is 6.90. The molecule has 0 aromatic heterocycles. The number of ether oxygens (including phenoxy) is 2. The topological polar surface area (TPSA) is 101 Å². The first-order chi connectivity index (χ1) is 19.4. The predicted octanol–water partition coefficient (Wildman–Crippen LogP) is 4.30. The zero-order valence-electron chi connectivity index (χ0n) is 25.0. The van der Waals surface area contributed by atoms with Gasteiger partial charge in [-0.2, -0.15) is 0 Å². The van der Waals surface area contributed by atoms with Crippen LogP contribution in [0.1, 0.15) is 37.0 Å². The van der Waals surface area contributed by atoms with Crippen LogP contribution in [0.15, 0.2) is 64.8 Å². The second-order valence-corrected chi connectivity index (χ2v) is 10.5. The molecule has 1 N–H and O–H groups in total. The Morgan fingerprint density at radius 2 is 1.88 bits per heavy atom. The van der Waals surface area contributed by atoms with E-state index in [1.807, 2.05) is 65.0 Å². The fourth-order valence-corrected chi connectivity index (χ4v) is 4.20. The van der Waals surface area contributed by atoms with Crippen LogP contribution in [0.3, 0.4) is 0 Å². The highest BCUT2D eigenvalue weighted by atomic mass is 16.5. The van der Waals surface area contributed by atoms with Gasteiger partial charge < -0.3 is 24.6 Å². The van der Waals surface area contributed by atoms with Gasteiger partial charge in [-0.05, 0) is 75.6 Å². The molecular weight excluding hydrogens is 520 g/mol. The van der Waals surface area contributed by atoms with Gasteiger partial charge in [-0.3, -0.25) is 19.4 Å². The average molecular weight is 561 g/mol. The number of nitrogens with one attached hydrogen (secondary N) is 1. The van der Waals surface area contributed by atoms with E-state index in [0.29, 0.717) is 41.4 Å². The van der Waals surface area contributed by atoms with Crippen molar-refractivity contribution in [3.8, 4) is 11.5 Å². The fourth-order valence-electron chi connectivity index (χ4n) is 4.20. The molecule has 2 aromatic carbocycles. The molecule has 3 amide bonds. The Morgan fingerprint density at radius 1 is 1.15 bits per heavy atom. The number of carbonyl (C=O) groups is 3. The van der Waals surface area contributed by atoms with Crippen LogP contribution < -0.4 is 19.7 Å². The Hall–Kier alpha value is -4.40. The lowest BCUT2D eigenvalue weighted by Gasteiger charge is -2.35. The summed E-state index contributed by atoms with van der Waals surface area (Å²) in [7, 11) is 3.28. The molecule has 1 atom stereocenters. The molecule has 1 heterocycles. The van der Waals surface area contributed by atoms with Gasteiger partial charge in [0.05, 0.1) is 17.8 Å². The van der Waals surface area contributed by atoms with Gasteiger partial charge >= 0.3 is 0 Å². The molecule has 41 heavy (non-hydrogen) atoms. The Kier molecular flexibility index (Phi) is 10.5. The number of hydrogen-bond donors (Lipinski definition) is 1. The first-order valence-electron chi connectivity index (χ1n) is 13.5. The highest BCUT2D eigenvalue weighted by Crippen LogP contribution is 2.35. The number of hydrogen-bond acceptors (Lipinski definition) is 6. The van der Waals surface area contributed by atoms with Crippen molar-refractivity contribution in [1.29, 1.82) is 0 Å². The minimum absolute atomic E-state index is 0.0247. The Balaban J connectivity index is 1.60. The van der Waals surface area contributed by atoms with Crippen molar-refractivity contribution in [2.24, 2.45) is 4.99 Å². The summed E-state index contributed by atoms with van der Waals surface area (Å²) in [4.78, 5) is 46.4. The molecule has 0 saturated carbocycles. The van der Waals surface area contributed by atoms with Crippen molar-refractivity contribution in [2.75, 3.05) is 38.7 Å². The van der Waals surface area contributed by atoms with Crippen molar-refractivity contribution in [3.05, 3.63) is 76.5 Å². The number of nitrogens with zero attached hydrogens (tertiary/aromatic N) is 3. The van der Waals surface area contributed by atoms with E-state index in [4.69, 9.17) is 9.47 Å². The minimum Gasteiger partial charge on any atom is -0.484 e. The molecule has 0 spiro atoms. The summed E-state index contributed by atoms with van der Waals surface area (Å²) in [6.07, 6.45) is 0.926. The lowest BCUT2D eigenvalue weighted by molar-refractivity contribution is -0.132. The Labute approximate surface area is 242 Å². The van der Waals surface area contributed by atoms with Crippen LogP contribution in [0.25, 0.3) is 0 Å². The zero-order valence-corrected chi connectivity index (χ0v) is 25.0. The fraction of sp³-hybridized carbons (Fsp3) is 0.375. The van der Waals surface area contributed by atoms with Crippen molar-refractivity contribution < 1.29 is 23.9 Å². The van der Waals surface area contributed by atoms with E-state index >= 15 is 0 Å². The molecule has 3 rings (SSSR count). The molecule has 218 valence electrons. The Bertz CT molecular complexity index is 1390. The molecule has 0 fully saturated rings. The van der Waals surface area contributed by atoms with Gasteiger partial charge in [0.15, 0.2) is 12.7 Å². The highest BCUT2D eigenvalue weighted by Gasteiger charge is 2.35. The predicted molar refractivity (Wildman–Crippen MR) is 162 cm³/mol. The number of amides is 3. The van der Waals surface area contributed by atoms with Crippen LogP contribution >= 0.6 is 0 Å². The maximum absolute atomic E-state index is 13.5. The number of benzene rings is 2. The Morgan fingerprint density at radius 3 is 2.54 bits per heavy atom. The molecular formula is C32H40N4O5. The van der Waals surface area contributed by atoms with E-state index in [2.05, 4.69) is 16.9 Å². The number of anilines is 1. The van der Waals surface area contributed by atoms with Crippen LogP contribution in [0.4, 0.5) is 5.69 Å². The lowest BCUT2D eigenvalue weighted by Crippen LogP contribution is -2.51. The van der Waals surface area contributed by atoms with Crippen LogP contribution in [-0.2, 0) is 14.4 Å². The molecule has 2 aromatic rings. The van der Waals surface area contributed by atoms with Gasteiger partial charge in [-0.1, -0.05) is 24.3 Å². The lowest BCUT2D eigenvalue weighted by atomic mass is 10.1. The number of rotatable bonds is 10. The zero-order chi connectivity index (χ0) is 30.3. The average Bonchev–Trinajstić information content (AvgIpc) is 2.93. The summed E-state index contributed by atoms with van der Waals surface area (Å²) in [6, 6.07) is 11.2. The molecule has 0 aliphatic carbocycles.